The van der Waals surface area contributed by atoms with Crippen molar-refractivity contribution < 1.29 is 0 Å². The summed E-state index contributed by atoms with van der Waals surface area (Å²) in [6.45, 7) is 9.71. The first-order valence-corrected chi connectivity index (χ1v) is 5.54. The zero-order valence-electron chi connectivity index (χ0n) is 9.04. The van der Waals surface area contributed by atoms with Crippen LogP contribution in [0.4, 0.5) is 0 Å². The monoisotopic (exact) mass is 166 g/mol. The molecule has 2 aliphatic carbocycles. The third-order valence-electron chi connectivity index (χ3n) is 5.31. The molecule has 0 aromatic heterocycles. The maximum atomic E-state index is 2.52. The lowest BCUT2D eigenvalue weighted by Crippen LogP contribution is -2.43. The molecule has 2 rings (SSSR count). The summed E-state index contributed by atoms with van der Waals surface area (Å²) in [6.07, 6.45) is 7.29. The van der Waals surface area contributed by atoms with Gasteiger partial charge in [-0.05, 0) is 35.5 Å². The highest BCUT2D eigenvalue weighted by atomic mass is 14.8. The van der Waals surface area contributed by atoms with Crippen molar-refractivity contribution in [2.45, 2.75) is 59.8 Å². The molecule has 0 heteroatoms. The third-order valence-corrected chi connectivity index (χ3v) is 5.31. The van der Waals surface area contributed by atoms with Crippen LogP contribution in [-0.4, -0.2) is 0 Å². The first-order chi connectivity index (χ1) is 5.54. The minimum atomic E-state index is 0.697. The Kier molecular flexibility index (Phi) is 1.49. The Labute approximate surface area is 76.7 Å². The van der Waals surface area contributed by atoms with Crippen LogP contribution < -0.4 is 0 Å². The number of hydrogen-bond donors (Lipinski definition) is 0. The van der Waals surface area contributed by atoms with E-state index in [1.807, 2.05) is 0 Å². The van der Waals surface area contributed by atoms with Crippen molar-refractivity contribution >= 4 is 0 Å². The van der Waals surface area contributed by atoms with Gasteiger partial charge < -0.3 is 0 Å². The number of fused-ring (bicyclic) bond motifs is 1. The lowest BCUT2D eigenvalue weighted by atomic mass is 9.53. The van der Waals surface area contributed by atoms with Gasteiger partial charge in [0, 0.05) is 0 Å². The Morgan fingerprint density at radius 1 is 1.08 bits per heavy atom. The second-order valence-corrected chi connectivity index (χ2v) is 5.63. The minimum Gasteiger partial charge on any atom is -0.0654 e. The molecule has 70 valence electrons. The van der Waals surface area contributed by atoms with Gasteiger partial charge in [0.1, 0.15) is 0 Å². The van der Waals surface area contributed by atoms with Crippen LogP contribution in [0.1, 0.15) is 59.8 Å². The van der Waals surface area contributed by atoms with E-state index in [1.54, 1.807) is 0 Å². The second-order valence-electron chi connectivity index (χ2n) is 5.63. The van der Waals surface area contributed by atoms with Crippen molar-refractivity contribution in [2.75, 3.05) is 0 Å². The van der Waals surface area contributed by atoms with E-state index in [4.69, 9.17) is 0 Å². The highest BCUT2D eigenvalue weighted by Gasteiger charge is 2.79. The van der Waals surface area contributed by atoms with Crippen molar-refractivity contribution in [1.29, 1.82) is 0 Å². The average Bonchev–Trinajstić information content (AvgIpc) is 2.51. The van der Waals surface area contributed by atoms with Crippen LogP contribution in [0.25, 0.3) is 0 Å². The number of rotatable bonds is 3. The molecule has 0 aromatic carbocycles. The summed E-state index contributed by atoms with van der Waals surface area (Å²) >= 11 is 0. The van der Waals surface area contributed by atoms with Gasteiger partial charge in [-0.2, -0.15) is 0 Å². The molecule has 0 amide bonds. The van der Waals surface area contributed by atoms with Gasteiger partial charge >= 0.3 is 0 Å². The van der Waals surface area contributed by atoms with E-state index in [2.05, 4.69) is 27.7 Å². The molecule has 0 N–H and O–H groups in total. The molecule has 0 radical (unpaired) electrons. The van der Waals surface area contributed by atoms with Crippen molar-refractivity contribution in [3.8, 4) is 0 Å². The molecular weight excluding hydrogens is 144 g/mol. The first-order valence-electron chi connectivity index (χ1n) is 5.54. The van der Waals surface area contributed by atoms with Gasteiger partial charge in [0.15, 0.2) is 0 Å². The zero-order chi connectivity index (χ0) is 9.04. The van der Waals surface area contributed by atoms with Gasteiger partial charge in [0.25, 0.3) is 0 Å². The smallest absolute Gasteiger partial charge is 0.0209 e. The Morgan fingerprint density at radius 2 is 1.75 bits per heavy atom. The van der Waals surface area contributed by atoms with Crippen LogP contribution in [0.5, 0.6) is 0 Å². The Hall–Kier alpha value is 0. The van der Waals surface area contributed by atoms with Gasteiger partial charge in [-0.25, -0.2) is 0 Å². The standard InChI is InChI=1S/C12H22/c1-5-7-12-8-10(3,6-2)11(12,4)9-12/h5-9H2,1-4H3. The third kappa shape index (κ3) is 0.661. The fraction of sp³-hybridized carbons (Fsp3) is 1.00. The molecule has 3 unspecified atom stereocenters. The van der Waals surface area contributed by atoms with Crippen molar-refractivity contribution in [3.05, 3.63) is 0 Å². The van der Waals surface area contributed by atoms with Gasteiger partial charge in [-0.3, -0.25) is 0 Å². The summed E-state index contributed by atoms with van der Waals surface area (Å²) < 4.78 is 0. The molecule has 0 bridgehead atoms. The molecule has 0 aromatic rings. The van der Waals surface area contributed by atoms with Gasteiger partial charge in [0.05, 0.1) is 0 Å². The topological polar surface area (TPSA) is 0 Å². The predicted molar refractivity (Wildman–Crippen MR) is 53.1 cm³/mol. The summed E-state index contributed by atoms with van der Waals surface area (Å²) in [4.78, 5) is 0. The predicted octanol–water partition coefficient (Wildman–Crippen LogP) is 4.00. The highest BCUT2D eigenvalue weighted by molar-refractivity contribution is 5.28. The fourth-order valence-corrected chi connectivity index (χ4v) is 4.03. The Bertz CT molecular complexity index is 208. The minimum absolute atomic E-state index is 0.697. The van der Waals surface area contributed by atoms with E-state index >= 15 is 0 Å². The van der Waals surface area contributed by atoms with Gasteiger partial charge in [0.2, 0.25) is 0 Å². The molecule has 0 nitrogen and oxygen atoms in total. The molecule has 12 heavy (non-hydrogen) atoms. The maximum Gasteiger partial charge on any atom is -0.0209 e. The molecule has 2 aliphatic rings. The van der Waals surface area contributed by atoms with Crippen molar-refractivity contribution in [1.82, 2.24) is 0 Å². The second kappa shape index (κ2) is 2.08. The Morgan fingerprint density at radius 3 is 2.17 bits per heavy atom. The maximum absolute atomic E-state index is 2.52. The van der Waals surface area contributed by atoms with Crippen LogP contribution in [0.3, 0.4) is 0 Å². The van der Waals surface area contributed by atoms with Crippen LogP contribution in [0.15, 0.2) is 0 Å². The van der Waals surface area contributed by atoms with E-state index in [0.717, 1.165) is 10.8 Å². The SMILES string of the molecule is CCCC12CC(C)(CC)C1(C)C2. The summed E-state index contributed by atoms with van der Waals surface area (Å²) in [5.74, 6) is 0. The van der Waals surface area contributed by atoms with E-state index in [-0.39, 0.29) is 0 Å². The summed E-state index contributed by atoms with van der Waals surface area (Å²) in [5.41, 5.74) is 2.25. The van der Waals surface area contributed by atoms with E-state index < -0.39 is 0 Å². The van der Waals surface area contributed by atoms with E-state index in [1.165, 1.54) is 32.1 Å². The largest absolute Gasteiger partial charge is 0.0654 e. The first kappa shape index (κ1) is 8.59. The van der Waals surface area contributed by atoms with E-state index in [9.17, 15) is 0 Å². The zero-order valence-corrected chi connectivity index (χ0v) is 9.04. The molecule has 0 aliphatic heterocycles. The lowest BCUT2D eigenvalue weighted by Gasteiger charge is -2.51. The van der Waals surface area contributed by atoms with E-state index in [0.29, 0.717) is 5.41 Å². The highest BCUT2D eigenvalue weighted by Crippen LogP contribution is 2.87. The molecule has 0 saturated heterocycles. The summed E-state index contributed by atoms with van der Waals surface area (Å²) in [5, 5.41) is 0. The normalized spacial score (nSPS) is 56.0. The summed E-state index contributed by atoms with van der Waals surface area (Å²) in [7, 11) is 0. The summed E-state index contributed by atoms with van der Waals surface area (Å²) in [6, 6.07) is 0. The number of hydrogen-bond acceptors (Lipinski definition) is 0. The van der Waals surface area contributed by atoms with Crippen molar-refractivity contribution in [3.63, 3.8) is 0 Å². The molecule has 0 spiro atoms. The molecule has 2 fully saturated rings. The van der Waals surface area contributed by atoms with Crippen LogP contribution in [0.2, 0.25) is 0 Å². The van der Waals surface area contributed by atoms with Crippen LogP contribution >= 0.6 is 0 Å². The Balaban J connectivity index is 2.08. The molecular formula is C12H22. The fourth-order valence-electron chi connectivity index (χ4n) is 4.03. The van der Waals surface area contributed by atoms with Gasteiger partial charge in [-0.15, -0.1) is 0 Å². The van der Waals surface area contributed by atoms with Crippen molar-refractivity contribution in [2.24, 2.45) is 16.2 Å². The molecule has 2 saturated carbocycles. The molecule has 0 heterocycles. The van der Waals surface area contributed by atoms with Crippen LogP contribution in [0, 0.1) is 16.2 Å². The lowest BCUT2D eigenvalue weighted by molar-refractivity contribution is -0.0234. The quantitative estimate of drug-likeness (QED) is 0.594. The average molecular weight is 166 g/mol. The van der Waals surface area contributed by atoms with Gasteiger partial charge in [-0.1, -0.05) is 40.5 Å². The van der Waals surface area contributed by atoms with Crippen LogP contribution in [-0.2, 0) is 0 Å². The molecule has 3 atom stereocenters.